The maximum atomic E-state index is 11.9. The number of anilines is 1. The smallest absolute Gasteiger partial charge is 0.241 e. The quantitative estimate of drug-likeness (QED) is 0.594. The first kappa shape index (κ1) is 15.9. The summed E-state index contributed by atoms with van der Waals surface area (Å²) in [7, 11) is -3.49. The van der Waals surface area contributed by atoms with Crippen LogP contribution in [-0.2, 0) is 14.8 Å². The molecule has 2 unspecified atom stereocenters. The Bertz CT molecular complexity index is 600. The molecule has 1 amide bonds. The van der Waals surface area contributed by atoms with E-state index in [9.17, 15) is 18.3 Å². The predicted molar refractivity (Wildman–Crippen MR) is 78.3 cm³/mol. The molecule has 1 aliphatic heterocycles. The minimum absolute atomic E-state index is 0.150. The van der Waals surface area contributed by atoms with Crippen molar-refractivity contribution in [3.05, 3.63) is 24.3 Å². The van der Waals surface area contributed by atoms with Gasteiger partial charge in [-0.3, -0.25) is 4.79 Å². The van der Waals surface area contributed by atoms with Gasteiger partial charge in [-0.05, 0) is 30.7 Å². The maximum absolute atomic E-state index is 11.9. The van der Waals surface area contributed by atoms with Crippen molar-refractivity contribution in [2.75, 3.05) is 18.4 Å². The van der Waals surface area contributed by atoms with Gasteiger partial charge in [0, 0.05) is 18.8 Å². The molecule has 1 saturated heterocycles. The first-order valence-corrected chi connectivity index (χ1v) is 8.22. The topological polar surface area (TPSA) is 108 Å². The number of amides is 1. The van der Waals surface area contributed by atoms with E-state index in [4.69, 9.17) is 0 Å². The summed E-state index contributed by atoms with van der Waals surface area (Å²) in [6.07, 6.45) is -0.132. The van der Waals surface area contributed by atoms with Crippen molar-refractivity contribution in [1.29, 1.82) is 0 Å². The van der Waals surface area contributed by atoms with Gasteiger partial charge < -0.3 is 15.7 Å². The SMILES string of the molecule is CCNS(=O)(=O)c1ccc(NC(=O)C2CC(O)CN2)cc1. The Labute approximate surface area is 123 Å². The Morgan fingerprint density at radius 2 is 2.05 bits per heavy atom. The number of hydrogen-bond acceptors (Lipinski definition) is 5. The van der Waals surface area contributed by atoms with Crippen LogP contribution in [0.25, 0.3) is 0 Å². The Morgan fingerprint density at radius 3 is 2.57 bits per heavy atom. The number of aliphatic hydroxyl groups is 1. The van der Waals surface area contributed by atoms with Crippen LogP contribution in [0.4, 0.5) is 5.69 Å². The summed E-state index contributed by atoms with van der Waals surface area (Å²) in [5, 5.41) is 15.0. The molecule has 116 valence electrons. The van der Waals surface area contributed by atoms with Crippen molar-refractivity contribution in [2.24, 2.45) is 0 Å². The highest BCUT2D eigenvalue weighted by Gasteiger charge is 2.28. The van der Waals surface area contributed by atoms with Crippen LogP contribution in [0.2, 0.25) is 0 Å². The first-order valence-electron chi connectivity index (χ1n) is 6.74. The van der Waals surface area contributed by atoms with E-state index in [1.165, 1.54) is 24.3 Å². The lowest BCUT2D eigenvalue weighted by Gasteiger charge is -2.11. The molecule has 1 aromatic rings. The Morgan fingerprint density at radius 1 is 1.38 bits per heavy atom. The molecule has 1 heterocycles. The van der Waals surface area contributed by atoms with Crippen LogP contribution in [0.1, 0.15) is 13.3 Å². The molecular weight excluding hydrogens is 294 g/mol. The van der Waals surface area contributed by atoms with E-state index in [-0.39, 0.29) is 10.8 Å². The fourth-order valence-corrected chi connectivity index (χ4v) is 3.18. The number of benzene rings is 1. The molecule has 4 N–H and O–H groups in total. The monoisotopic (exact) mass is 313 g/mol. The van der Waals surface area contributed by atoms with Crippen molar-refractivity contribution in [3.63, 3.8) is 0 Å². The molecule has 0 spiro atoms. The van der Waals surface area contributed by atoms with E-state index in [0.29, 0.717) is 25.2 Å². The van der Waals surface area contributed by atoms with Crippen LogP contribution in [0.15, 0.2) is 29.2 Å². The van der Waals surface area contributed by atoms with E-state index in [2.05, 4.69) is 15.4 Å². The van der Waals surface area contributed by atoms with Gasteiger partial charge in [-0.1, -0.05) is 6.92 Å². The predicted octanol–water partition coefficient (Wildman–Crippen LogP) is -0.354. The average Bonchev–Trinajstić information content (AvgIpc) is 2.86. The Balaban J connectivity index is 2.01. The average molecular weight is 313 g/mol. The molecule has 21 heavy (non-hydrogen) atoms. The summed E-state index contributed by atoms with van der Waals surface area (Å²) < 4.78 is 25.9. The highest BCUT2D eigenvalue weighted by atomic mass is 32.2. The third kappa shape index (κ3) is 4.01. The largest absolute Gasteiger partial charge is 0.392 e. The van der Waals surface area contributed by atoms with Crippen molar-refractivity contribution in [1.82, 2.24) is 10.0 Å². The summed E-state index contributed by atoms with van der Waals surface area (Å²) in [5.41, 5.74) is 0.513. The van der Waals surface area contributed by atoms with Gasteiger partial charge in [-0.25, -0.2) is 13.1 Å². The Kier molecular flexibility index (Phi) is 4.94. The first-order chi connectivity index (χ1) is 9.92. The molecule has 2 atom stereocenters. The number of carbonyl (C=O) groups is 1. The molecule has 2 rings (SSSR count). The van der Waals surface area contributed by atoms with Crippen LogP contribution >= 0.6 is 0 Å². The van der Waals surface area contributed by atoms with Gasteiger partial charge in [0.05, 0.1) is 17.0 Å². The molecule has 0 saturated carbocycles. The van der Waals surface area contributed by atoms with Gasteiger partial charge in [0.25, 0.3) is 0 Å². The van der Waals surface area contributed by atoms with Crippen molar-refractivity contribution in [3.8, 4) is 0 Å². The lowest BCUT2D eigenvalue weighted by Crippen LogP contribution is -2.35. The number of nitrogens with one attached hydrogen (secondary N) is 3. The minimum Gasteiger partial charge on any atom is -0.392 e. The third-order valence-electron chi connectivity index (χ3n) is 3.19. The Hall–Kier alpha value is -1.48. The fraction of sp³-hybridized carbons (Fsp3) is 0.462. The van der Waals surface area contributed by atoms with E-state index < -0.39 is 22.2 Å². The standard InChI is InChI=1S/C13H19N3O4S/c1-2-15-21(19,20)11-5-3-9(4-6-11)16-13(18)12-7-10(17)8-14-12/h3-6,10,12,14-15,17H,2,7-8H2,1H3,(H,16,18). The number of β-amino-alcohol motifs (C(OH)–C–C–N with tert-alkyl or cyclic N) is 1. The molecular formula is C13H19N3O4S. The number of rotatable bonds is 5. The second kappa shape index (κ2) is 6.52. The molecule has 0 radical (unpaired) electrons. The second-order valence-corrected chi connectivity index (χ2v) is 6.63. The summed E-state index contributed by atoms with van der Waals surface area (Å²) in [6, 6.07) is 5.51. The van der Waals surface area contributed by atoms with Gasteiger partial charge in [-0.2, -0.15) is 0 Å². The van der Waals surface area contributed by atoms with Crippen LogP contribution in [0.3, 0.4) is 0 Å². The lowest BCUT2D eigenvalue weighted by molar-refractivity contribution is -0.117. The molecule has 0 aliphatic carbocycles. The summed E-state index contributed by atoms with van der Waals surface area (Å²) in [4.78, 5) is 12.1. The molecule has 8 heteroatoms. The zero-order valence-electron chi connectivity index (χ0n) is 11.7. The fourth-order valence-electron chi connectivity index (χ4n) is 2.14. The number of aliphatic hydroxyl groups excluding tert-OH is 1. The lowest BCUT2D eigenvalue weighted by atomic mass is 10.2. The molecule has 1 aromatic carbocycles. The van der Waals surface area contributed by atoms with E-state index in [1.54, 1.807) is 6.92 Å². The zero-order valence-corrected chi connectivity index (χ0v) is 12.5. The summed E-state index contributed by atoms with van der Waals surface area (Å²) >= 11 is 0. The van der Waals surface area contributed by atoms with E-state index in [0.717, 1.165) is 0 Å². The van der Waals surface area contributed by atoms with Gasteiger partial charge in [0.15, 0.2) is 0 Å². The highest BCUT2D eigenvalue weighted by molar-refractivity contribution is 7.89. The number of sulfonamides is 1. The van der Waals surface area contributed by atoms with Gasteiger partial charge in [0.1, 0.15) is 0 Å². The van der Waals surface area contributed by atoms with E-state index in [1.807, 2.05) is 0 Å². The van der Waals surface area contributed by atoms with Crippen molar-refractivity contribution < 1.29 is 18.3 Å². The summed E-state index contributed by atoms with van der Waals surface area (Å²) in [5.74, 6) is -0.242. The summed E-state index contributed by atoms with van der Waals surface area (Å²) in [6.45, 7) is 2.42. The molecule has 0 bridgehead atoms. The highest BCUT2D eigenvalue weighted by Crippen LogP contribution is 2.15. The normalized spacial score (nSPS) is 22.2. The molecule has 1 fully saturated rings. The third-order valence-corrected chi connectivity index (χ3v) is 4.75. The number of hydrogen-bond donors (Lipinski definition) is 4. The zero-order chi connectivity index (χ0) is 15.5. The van der Waals surface area contributed by atoms with Gasteiger partial charge in [0.2, 0.25) is 15.9 Å². The minimum atomic E-state index is -3.49. The molecule has 7 nitrogen and oxygen atoms in total. The second-order valence-electron chi connectivity index (χ2n) is 4.87. The van der Waals surface area contributed by atoms with Crippen molar-refractivity contribution in [2.45, 2.75) is 30.4 Å². The van der Waals surface area contributed by atoms with Crippen LogP contribution in [0, 0.1) is 0 Å². The van der Waals surface area contributed by atoms with Crippen LogP contribution in [-0.4, -0.2) is 44.7 Å². The van der Waals surface area contributed by atoms with Crippen LogP contribution in [0.5, 0.6) is 0 Å². The van der Waals surface area contributed by atoms with Crippen molar-refractivity contribution >= 4 is 21.6 Å². The molecule has 1 aliphatic rings. The van der Waals surface area contributed by atoms with Gasteiger partial charge >= 0.3 is 0 Å². The molecule has 0 aromatic heterocycles. The van der Waals surface area contributed by atoms with E-state index >= 15 is 0 Å². The number of carbonyl (C=O) groups excluding carboxylic acids is 1. The maximum Gasteiger partial charge on any atom is 0.241 e. The van der Waals surface area contributed by atoms with Crippen LogP contribution < -0.4 is 15.4 Å². The van der Waals surface area contributed by atoms with Gasteiger partial charge in [-0.15, -0.1) is 0 Å².